The zero-order valence-corrected chi connectivity index (χ0v) is 19.2. The highest BCUT2D eigenvalue weighted by Gasteiger charge is 2.41. The predicted octanol–water partition coefficient (Wildman–Crippen LogP) is 5.74. The largest absolute Gasteiger partial charge is 0.491 e. The van der Waals surface area contributed by atoms with Crippen molar-refractivity contribution in [3.8, 4) is 5.75 Å². The van der Waals surface area contributed by atoms with Crippen molar-refractivity contribution in [2.45, 2.75) is 33.6 Å². The molecule has 3 aromatic rings. The van der Waals surface area contributed by atoms with Gasteiger partial charge in [0.1, 0.15) is 11.4 Å². The maximum absolute atomic E-state index is 13.7. The van der Waals surface area contributed by atoms with Crippen LogP contribution >= 0.6 is 0 Å². The van der Waals surface area contributed by atoms with E-state index in [0.29, 0.717) is 29.2 Å². The van der Waals surface area contributed by atoms with Gasteiger partial charge in [-0.05, 0) is 55.2 Å². The Morgan fingerprint density at radius 1 is 0.848 bits per heavy atom. The van der Waals surface area contributed by atoms with E-state index in [1.807, 2.05) is 68.4 Å². The maximum atomic E-state index is 13.7. The van der Waals surface area contributed by atoms with Gasteiger partial charge in [-0.3, -0.25) is 9.59 Å². The van der Waals surface area contributed by atoms with E-state index in [-0.39, 0.29) is 11.6 Å². The SMILES string of the molecule is CCCOc1ccccc1N1C(=O)C(Nc2ccc(CC)cc2)=C(c2ccc(C)cc2)C1=O. The van der Waals surface area contributed by atoms with Gasteiger partial charge in [-0.25, -0.2) is 4.90 Å². The smallest absolute Gasteiger partial charge is 0.282 e. The molecule has 2 amide bonds. The maximum Gasteiger partial charge on any atom is 0.282 e. The summed E-state index contributed by atoms with van der Waals surface area (Å²) in [4.78, 5) is 28.5. The number of nitrogens with zero attached hydrogens (tertiary/aromatic N) is 1. The van der Waals surface area contributed by atoms with Crippen LogP contribution in [-0.2, 0) is 16.0 Å². The summed E-state index contributed by atoms with van der Waals surface area (Å²) in [5.41, 5.74) is 4.79. The summed E-state index contributed by atoms with van der Waals surface area (Å²) in [5, 5.41) is 3.22. The van der Waals surface area contributed by atoms with E-state index < -0.39 is 5.91 Å². The number of ether oxygens (including phenoxy) is 1. The lowest BCUT2D eigenvalue weighted by Crippen LogP contribution is -2.32. The number of para-hydroxylation sites is 2. The molecule has 0 spiro atoms. The minimum absolute atomic E-state index is 0.262. The van der Waals surface area contributed by atoms with Crippen molar-refractivity contribution in [1.29, 1.82) is 0 Å². The second kappa shape index (κ2) is 9.74. The molecule has 1 aliphatic heterocycles. The molecule has 0 unspecified atom stereocenters. The van der Waals surface area contributed by atoms with Gasteiger partial charge in [0.15, 0.2) is 0 Å². The molecular weight excluding hydrogens is 412 g/mol. The molecule has 0 saturated carbocycles. The summed E-state index contributed by atoms with van der Waals surface area (Å²) >= 11 is 0. The number of carbonyl (C=O) groups excluding carboxylic acids is 2. The van der Waals surface area contributed by atoms with Gasteiger partial charge in [-0.1, -0.05) is 67.9 Å². The van der Waals surface area contributed by atoms with Gasteiger partial charge in [-0.15, -0.1) is 0 Å². The third kappa shape index (κ3) is 4.53. The highest BCUT2D eigenvalue weighted by atomic mass is 16.5. The number of rotatable bonds is 8. The number of anilines is 2. The Morgan fingerprint density at radius 3 is 2.21 bits per heavy atom. The number of aryl methyl sites for hydroxylation is 2. The highest BCUT2D eigenvalue weighted by Crippen LogP contribution is 2.38. The van der Waals surface area contributed by atoms with Crippen molar-refractivity contribution in [2.75, 3.05) is 16.8 Å². The summed E-state index contributed by atoms with van der Waals surface area (Å²) in [5.74, 6) is -0.260. The molecule has 0 saturated heterocycles. The third-order valence-electron chi connectivity index (χ3n) is 5.62. The molecule has 4 rings (SSSR count). The first-order chi connectivity index (χ1) is 16.0. The number of amides is 2. The van der Waals surface area contributed by atoms with Crippen molar-refractivity contribution < 1.29 is 14.3 Å². The summed E-state index contributed by atoms with van der Waals surface area (Å²) in [6, 6.07) is 22.7. The molecule has 33 heavy (non-hydrogen) atoms. The molecule has 5 nitrogen and oxygen atoms in total. The zero-order valence-electron chi connectivity index (χ0n) is 19.2. The topological polar surface area (TPSA) is 58.6 Å². The van der Waals surface area contributed by atoms with Crippen LogP contribution in [0.4, 0.5) is 11.4 Å². The van der Waals surface area contributed by atoms with Crippen LogP contribution in [0.2, 0.25) is 0 Å². The first kappa shape index (κ1) is 22.3. The molecule has 3 aromatic carbocycles. The van der Waals surface area contributed by atoms with Crippen molar-refractivity contribution in [2.24, 2.45) is 0 Å². The first-order valence-corrected chi connectivity index (χ1v) is 11.3. The summed E-state index contributed by atoms with van der Waals surface area (Å²) in [6.45, 7) is 6.59. The Balaban J connectivity index is 1.78. The fourth-order valence-corrected chi connectivity index (χ4v) is 3.80. The van der Waals surface area contributed by atoms with Crippen LogP contribution in [0, 0.1) is 6.92 Å². The minimum atomic E-state index is -0.400. The average Bonchev–Trinajstić information content (AvgIpc) is 3.08. The Labute approximate surface area is 194 Å². The van der Waals surface area contributed by atoms with Gasteiger partial charge >= 0.3 is 0 Å². The fourth-order valence-electron chi connectivity index (χ4n) is 3.80. The second-order valence-corrected chi connectivity index (χ2v) is 8.05. The van der Waals surface area contributed by atoms with Crippen LogP contribution in [0.5, 0.6) is 5.75 Å². The van der Waals surface area contributed by atoms with E-state index in [1.165, 1.54) is 10.5 Å². The van der Waals surface area contributed by atoms with Gasteiger partial charge in [-0.2, -0.15) is 0 Å². The summed E-state index contributed by atoms with van der Waals surface area (Å²) < 4.78 is 5.85. The molecule has 0 aromatic heterocycles. The van der Waals surface area contributed by atoms with Gasteiger partial charge < -0.3 is 10.1 Å². The summed E-state index contributed by atoms with van der Waals surface area (Å²) in [7, 11) is 0. The number of benzene rings is 3. The molecule has 0 atom stereocenters. The predicted molar refractivity (Wildman–Crippen MR) is 132 cm³/mol. The van der Waals surface area contributed by atoms with E-state index in [1.54, 1.807) is 18.2 Å². The van der Waals surface area contributed by atoms with Crippen LogP contribution < -0.4 is 15.0 Å². The van der Waals surface area contributed by atoms with E-state index in [4.69, 9.17) is 4.74 Å². The third-order valence-corrected chi connectivity index (χ3v) is 5.62. The van der Waals surface area contributed by atoms with Gasteiger partial charge in [0.05, 0.1) is 17.9 Å². The van der Waals surface area contributed by atoms with E-state index in [9.17, 15) is 9.59 Å². The number of imide groups is 1. The van der Waals surface area contributed by atoms with Crippen LogP contribution in [0.25, 0.3) is 5.57 Å². The minimum Gasteiger partial charge on any atom is -0.491 e. The Kier molecular flexibility index (Phi) is 6.59. The van der Waals surface area contributed by atoms with Gasteiger partial charge in [0.2, 0.25) is 0 Å². The van der Waals surface area contributed by atoms with Crippen LogP contribution in [0.15, 0.2) is 78.5 Å². The molecule has 1 aliphatic rings. The van der Waals surface area contributed by atoms with E-state index in [0.717, 1.165) is 24.1 Å². The molecule has 1 N–H and O–H groups in total. The molecule has 0 radical (unpaired) electrons. The first-order valence-electron chi connectivity index (χ1n) is 11.3. The quantitative estimate of drug-likeness (QED) is 0.454. The molecule has 1 heterocycles. The number of carbonyl (C=O) groups is 2. The Morgan fingerprint density at radius 2 is 1.55 bits per heavy atom. The zero-order chi connectivity index (χ0) is 23.4. The molecule has 0 fully saturated rings. The van der Waals surface area contributed by atoms with E-state index >= 15 is 0 Å². The average molecular weight is 441 g/mol. The lowest BCUT2D eigenvalue weighted by molar-refractivity contribution is -0.120. The van der Waals surface area contributed by atoms with Crippen LogP contribution in [-0.4, -0.2) is 18.4 Å². The highest BCUT2D eigenvalue weighted by molar-refractivity contribution is 6.46. The standard InChI is InChI=1S/C28H28N2O3/c1-4-18-33-24-9-7-6-8-23(24)30-27(31)25(21-14-10-19(3)11-15-21)26(28(30)32)29-22-16-12-20(5-2)13-17-22/h6-17,29H,4-5,18H2,1-3H3. The van der Waals surface area contributed by atoms with Crippen molar-refractivity contribution in [1.82, 2.24) is 0 Å². The van der Waals surface area contributed by atoms with Crippen molar-refractivity contribution >= 4 is 28.8 Å². The second-order valence-electron chi connectivity index (χ2n) is 8.05. The van der Waals surface area contributed by atoms with Crippen LogP contribution in [0.1, 0.15) is 37.0 Å². The van der Waals surface area contributed by atoms with Crippen LogP contribution in [0.3, 0.4) is 0 Å². The lowest BCUT2D eigenvalue weighted by Gasteiger charge is -2.19. The molecular formula is C28H28N2O3. The Bertz CT molecular complexity index is 1190. The lowest BCUT2D eigenvalue weighted by atomic mass is 10.0. The monoisotopic (exact) mass is 440 g/mol. The Hall–Kier alpha value is -3.86. The van der Waals surface area contributed by atoms with Crippen molar-refractivity contribution in [3.05, 3.63) is 95.2 Å². The fraction of sp³-hybridized carbons (Fsp3) is 0.214. The number of hydrogen-bond donors (Lipinski definition) is 1. The molecule has 5 heteroatoms. The van der Waals surface area contributed by atoms with Gasteiger partial charge in [0.25, 0.3) is 11.8 Å². The molecule has 168 valence electrons. The van der Waals surface area contributed by atoms with Crippen molar-refractivity contribution in [3.63, 3.8) is 0 Å². The number of hydrogen-bond acceptors (Lipinski definition) is 4. The summed E-state index contributed by atoms with van der Waals surface area (Å²) in [6.07, 6.45) is 1.75. The molecule has 0 bridgehead atoms. The normalized spacial score (nSPS) is 13.6. The van der Waals surface area contributed by atoms with Gasteiger partial charge in [0, 0.05) is 5.69 Å². The molecule has 0 aliphatic carbocycles. The number of nitrogens with one attached hydrogen (secondary N) is 1. The van der Waals surface area contributed by atoms with E-state index in [2.05, 4.69) is 12.2 Å².